The van der Waals surface area contributed by atoms with E-state index < -0.39 is 0 Å². The normalized spacial score (nSPS) is 14.2. The Morgan fingerprint density at radius 3 is 2.70 bits per heavy atom. The molecule has 1 amide bonds. The third-order valence-electron chi connectivity index (χ3n) is 3.34. The number of halogens is 1. The van der Waals surface area contributed by atoms with Crippen molar-refractivity contribution >= 4 is 21.8 Å². The van der Waals surface area contributed by atoms with Crippen LogP contribution in [0.25, 0.3) is 0 Å². The third kappa shape index (κ3) is 2.56. The fourth-order valence-corrected chi connectivity index (χ4v) is 2.76. The summed E-state index contributed by atoms with van der Waals surface area (Å²) in [6.45, 7) is 1.69. The van der Waals surface area contributed by atoms with Crippen molar-refractivity contribution in [2.45, 2.75) is 6.54 Å². The minimum Gasteiger partial charge on any atom is -0.491 e. The second-order valence-corrected chi connectivity index (χ2v) is 5.52. The molecule has 0 saturated carbocycles. The van der Waals surface area contributed by atoms with Crippen LogP contribution in [0.3, 0.4) is 0 Å². The van der Waals surface area contributed by atoms with Gasteiger partial charge >= 0.3 is 0 Å². The number of fused-ring (bicyclic) bond motifs is 1. The lowest BCUT2D eigenvalue weighted by atomic mass is 10.1. The molecule has 0 fully saturated rings. The van der Waals surface area contributed by atoms with Gasteiger partial charge in [-0.2, -0.15) is 0 Å². The summed E-state index contributed by atoms with van der Waals surface area (Å²) < 4.78 is 6.51. The molecule has 3 rings (SSSR count). The lowest BCUT2D eigenvalue weighted by Gasteiger charge is -2.20. The molecule has 0 aliphatic carbocycles. The molecule has 4 heteroatoms. The number of rotatable bonds is 1. The predicted octanol–water partition coefficient (Wildman–Crippen LogP) is 3.48. The molecule has 0 N–H and O–H groups in total. The lowest BCUT2D eigenvalue weighted by Crippen LogP contribution is -2.32. The van der Waals surface area contributed by atoms with Crippen LogP contribution in [0, 0.1) is 0 Å². The summed E-state index contributed by atoms with van der Waals surface area (Å²) in [7, 11) is 0. The maximum Gasteiger partial charge on any atom is 0.255 e. The smallest absolute Gasteiger partial charge is 0.255 e. The maximum atomic E-state index is 12.6. The van der Waals surface area contributed by atoms with E-state index in [4.69, 9.17) is 4.74 Å². The highest BCUT2D eigenvalue weighted by molar-refractivity contribution is 9.10. The van der Waals surface area contributed by atoms with E-state index in [1.165, 1.54) is 0 Å². The third-order valence-corrected chi connectivity index (χ3v) is 4.04. The van der Waals surface area contributed by atoms with Gasteiger partial charge in [-0.25, -0.2) is 0 Å². The van der Waals surface area contributed by atoms with Crippen LogP contribution in [0.5, 0.6) is 5.75 Å². The molecule has 2 aromatic carbocycles. The monoisotopic (exact) mass is 331 g/mol. The van der Waals surface area contributed by atoms with Crippen molar-refractivity contribution in [2.24, 2.45) is 0 Å². The van der Waals surface area contributed by atoms with Crippen LogP contribution in [0.4, 0.5) is 0 Å². The van der Waals surface area contributed by atoms with Crippen molar-refractivity contribution in [3.05, 3.63) is 64.1 Å². The van der Waals surface area contributed by atoms with E-state index in [1.807, 2.05) is 53.4 Å². The Kier molecular flexibility index (Phi) is 3.74. The zero-order chi connectivity index (χ0) is 13.9. The molecule has 0 unspecified atom stereocenters. The molecule has 0 aromatic heterocycles. The molecule has 0 spiro atoms. The van der Waals surface area contributed by atoms with E-state index in [9.17, 15) is 4.79 Å². The number of para-hydroxylation sites is 1. The highest BCUT2D eigenvalue weighted by Crippen LogP contribution is 2.25. The first-order valence-corrected chi connectivity index (χ1v) is 7.29. The van der Waals surface area contributed by atoms with E-state index in [-0.39, 0.29) is 5.91 Å². The van der Waals surface area contributed by atoms with Crippen molar-refractivity contribution < 1.29 is 9.53 Å². The minimum atomic E-state index is 0.0257. The average molecular weight is 332 g/mol. The van der Waals surface area contributed by atoms with Crippen LogP contribution >= 0.6 is 15.9 Å². The molecule has 0 atom stereocenters. The Morgan fingerprint density at radius 1 is 1.10 bits per heavy atom. The number of hydrogen-bond acceptors (Lipinski definition) is 2. The number of benzene rings is 2. The van der Waals surface area contributed by atoms with Gasteiger partial charge in [-0.15, -0.1) is 0 Å². The van der Waals surface area contributed by atoms with Gasteiger partial charge in [0.15, 0.2) is 0 Å². The topological polar surface area (TPSA) is 29.5 Å². The van der Waals surface area contributed by atoms with Gasteiger partial charge in [-0.05, 0) is 34.1 Å². The van der Waals surface area contributed by atoms with Gasteiger partial charge in [0.1, 0.15) is 12.4 Å². The fourth-order valence-electron chi connectivity index (χ4n) is 2.30. The Bertz CT molecular complexity index is 642. The van der Waals surface area contributed by atoms with Crippen molar-refractivity contribution in [1.29, 1.82) is 0 Å². The van der Waals surface area contributed by atoms with Crippen LogP contribution in [-0.4, -0.2) is 24.0 Å². The molecular formula is C16H14BrNO2. The fraction of sp³-hybridized carbons (Fsp3) is 0.188. The van der Waals surface area contributed by atoms with Gasteiger partial charge in [0, 0.05) is 16.6 Å². The van der Waals surface area contributed by atoms with Gasteiger partial charge in [0.2, 0.25) is 0 Å². The number of amides is 1. The molecule has 0 radical (unpaired) electrons. The van der Waals surface area contributed by atoms with Crippen molar-refractivity contribution in [3.63, 3.8) is 0 Å². The number of carbonyl (C=O) groups excluding carboxylic acids is 1. The van der Waals surface area contributed by atoms with Gasteiger partial charge in [-0.3, -0.25) is 4.79 Å². The predicted molar refractivity (Wildman–Crippen MR) is 80.8 cm³/mol. The van der Waals surface area contributed by atoms with E-state index in [2.05, 4.69) is 15.9 Å². The Hall–Kier alpha value is -1.81. The van der Waals surface area contributed by atoms with Crippen LogP contribution in [0.15, 0.2) is 53.0 Å². The summed E-state index contributed by atoms with van der Waals surface area (Å²) in [6.07, 6.45) is 0. The SMILES string of the molecule is O=C(c1ccccc1Br)N1CCOc2ccccc2C1. The molecule has 3 nitrogen and oxygen atoms in total. The van der Waals surface area contributed by atoms with E-state index in [0.717, 1.165) is 15.8 Å². The number of carbonyl (C=O) groups is 1. The number of hydrogen-bond donors (Lipinski definition) is 0. The minimum absolute atomic E-state index is 0.0257. The molecular weight excluding hydrogens is 318 g/mol. The lowest BCUT2D eigenvalue weighted by molar-refractivity contribution is 0.0732. The van der Waals surface area contributed by atoms with E-state index in [0.29, 0.717) is 25.3 Å². The first-order chi connectivity index (χ1) is 9.75. The second kappa shape index (κ2) is 5.67. The second-order valence-electron chi connectivity index (χ2n) is 4.66. The van der Waals surface area contributed by atoms with E-state index >= 15 is 0 Å². The summed E-state index contributed by atoms with van der Waals surface area (Å²) in [5.41, 5.74) is 1.73. The summed E-state index contributed by atoms with van der Waals surface area (Å²) in [5.74, 6) is 0.896. The maximum absolute atomic E-state index is 12.6. The largest absolute Gasteiger partial charge is 0.491 e. The molecule has 102 valence electrons. The van der Waals surface area contributed by atoms with Gasteiger partial charge in [0.25, 0.3) is 5.91 Å². The van der Waals surface area contributed by atoms with Crippen LogP contribution < -0.4 is 4.74 Å². The van der Waals surface area contributed by atoms with Crippen molar-refractivity contribution in [3.8, 4) is 5.75 Å². The Morgan fingerprint density at radius 2 is 1.85 bits per heavy atom. The summed E-state index contributed by atoms with van der Waals surface area (Å²) in [6, 6.07) is 15.4. The molecule has 1 aliphatic heterocycles. The Balaban J connectivity index is 1.88. The zero-order valence-corrected chi connectivity index (χ0v) is 12.5. The average Bonchev–Trinajstić information content (AvgIpc) is 2.69. The van der Waals surface area contributed by atoms with Crippen LogP contribution in [0.1, 0.15) is 15.9 Å². The van der Waals surface area contributed by atoms with Crippen LogP contribution in [0.2, 0.25) is 0 Å². The highest BCUT2D eigenvalue weighted by Gasteiger charge is 2.21. The molecule has 1 aliphatic rings. The summed E-state index contributed by atoms with van der Waals surface area (Å²) in [5, 5.41) is 0. The zero-order valence-electron chi connectivity index (χ0n) is 10.9. The first kappa shape index (κ1) is 13.2. The summed E-state index contributed by atoms with van der Waals surface area (Å²) >= 11 is 3.44. The van der Waals surface area contributed by atoms with Gasteiger partial charge < -0.3 is 9.64 Å². The molecule has 0 saturated heterocycles. The van der Waals surface area contributed by atoms with Crippen molar-refractivity contribution in [2.75, 3.05) is 13.2 Å². The summed E-state index contributed by atoms with van der Waals surface area (Å²) in [4.78, 5) is 14.4. The first-order valence-electron chi connectivity index (χ1n) is 6.50. The Labute approximate surface area is 126 Å². The van der Waals surface area contributed by atoms with Crippen LogP contribution in [-0.2, 0) is 6.54 Å². The molecule has 2 aromatic rings. The van der Waals surface area contributed by atoms with E-state index in [1.54, 1.807) is 0 Å². The molecule has 20 heavy (non-hydrogen) atoms. The standard InChI is InChI=1S/C16H14BrNO2/c17-14-7-3-2-6-13(14)16(19)18-9-10-20-15-8-4-1-5-12(15)11-18/h1-8H,9-11H2. The molecule has 1 heterocycles. The highest BCUT2D eigenvalue weighted by atomic mass is 79.9. The van der Waals surface area contributed by atoms with Gasteiger partial charge in [0.05, 0.1) is 12.1 Å². The van der Waals surface area contributed by atoms with Gasteiger partial charge in [-0.1, -0.05) is 30.3 Å². The number of nitrogens with zero attached hydrogens (tertiary/aromatic N) is 1. The van der Waals surface area contributed by atoms with Crippen molar-refractivity contribution in [1.82, 2.24) is 4.90 Å². The molecule has 0 bridgehead atoms. The quantitative estimate of drug-likeness (QED) is 0.800. The number of ether oxygens (including phenoxy) is 1.